The van der Waals surface area contributed by atoms with Crippen molar-refractivity contribution >= 4 is 39.0 Å². The number of aliphatic imine (C=N–C) groups is 2. The normalized spacial score (nSPS) is 16.7. The summed E-state index contributed by atoms with van der Waals surface area (Å²) in [5, 5.41) is -0.452. The van der Waals surface area contributed by atoms with Crippen LogP contribution in [0, 0.1) is 11.6 Å². The van der Waals surface area contributed by atoms with Gasteiger partial charge in [0, 0.05) is 19.3 Å². The zero-order valence-electron chi connectivity index (χ0n) is 15.9. The molecule has 162 valence electrons. The lowest BCUT2D eigenvalue weighted by Crippen LogP contribution is -2.47. The Morgan fingerprint density at radius 3 is 2.53 bits per heavy atom. The van der Waals surface area contributed by atoms with Crippen molar-refractivity contribution in [3.63, 3.8) is 0 Å². The molecule has 3 rings (SSSR count). The molecule has 1 fully saturated rings. The van der Waals surface area contributed by atoms with Crippen molar-refractivity contribution in [1.29, 1.82) is 0 Å². The second-order valence-electron chi connectivity index (χ2n) is 6.81. The van der Waals surface area contributed by atoms with Gasteiger partial charge in [-0.05, 0) is 25.0 Å². The summed E-state index contributed by atoms with van der Waals surface area (Å²) in [5.41, 5.74) is 16.4. The van der Waals surface area contributed by atoms with Gasteiger partial charge in [0.15, 0.2) is 11.6 Å². The van der Waals surface area contributed by atoms with Crippen LogP contribution in [-0.4, -0.2) is 36.9 Å². The van der Waals surface area contributed by atoms with E-state index in [1.807, 2.05) is 0 Å². The lowest BCUT2D eigenvalue weighted by Gasteiger charge is -2.16. The Balaban J connectivity index is 1.90. The molecular formula is C17H20ClF2N7O2S. The molecule has 30 heavy (non-hydrogen) atoms. The first kappa shape index (κ1) is 22.2. The molecule has 0 saturated heterocycles. The minimum Gasteiger partial charge on any atom is -0.386 e. The first-order valence-electron chi connectivity index (χ1n) is 8.69. The lowest BCUT2D eigenvalue weighted by molar-refractivity contribution is 0.509. The molecule has 0 atom stereocenters. The standard InChI is InChI=1S/C17H20ClF2N7O2S/c1-27-7-10(30(28,29)26-17(2-3-17)16(23)24-8-21)6-13(27)15(22)25-9-4-11(18)14(20)12(19)5-9/h4-7,26H,2-3,8,21H2,1H3,(H2,22,25)(H2,23,24). The largest absolute Gasteiger partial charge is 0.386 e. The number of nitrogens with one attached hydrogen (secondary N) is 1. The van der Waals surface area contributed by atoms with Crippen molar-refractivity contribution in [3.05, 3.63) is 46.7 Å². The average molecular weight is 460 g/mol. The first-order valence-corrected chi connectivity index (χ1v) is 10.5. The number of benzene rings is 1. The maximum atomic E-state index is 13.5. The van der Waals surface area contributed by atoms with Crippen LogP contribution in [0.2, 0.25) is 5.02 Å². The van der Waals surface area contributed by atoms with Crippen LogP contribution in [0.25, 0.3) is 0 Å². The number of aromatic nitrogens is 1. The van der Waals surface area contributed by atoms with E-state index in [1.54, 1.807) is 7.05 Å². The summed E-state index contributed by atoms with van der Waals surface area (Å²) in [4.78, 5) is 7.81. The molecule has 1 aromatic heterocycles. The molecule has 1 heterocycles. The topological polar surface area (TPSA) is 154 Å². The molecule has 2 aromatic rings. The number of hydrogen-bond donors (Lipinski definition) is 4. The molecule has 0 bridgehead atoms. The monoisotopic (exact) mass is 459 g/mol. The molecule has 1 saturated carbocycles. The fourth-order valence-electron chi connectivity index (χ4n) is 2.84. The van der Waals surface area contributed by atoms with Gasteiger partial charge < -0.3 is 21.8 Å². The van der Waals surface area contributed by atoms with Crippen LogP contribution in [0.3, 0.4) is 0 Å². The molecule has 1 aliphatic carbocycles. The van der Waals surface area contributed by atoms with Crippen molar-refractivity contribution < 1.29 is 17.2 Å². The van der Waals surface area contributed by atoms with E-state index in [4.69, 9.17) is 28.8 Å². The number of sulfonamides is 1. The maximum Gasteiger partial charge on any atom is 0.243 e. The molecule has 1 aliphatic rings. The highest BCUT2D eigenvalue weighted by Gasteiger charge is 2.50. The number of aryl methyl sites for hydroxylation is 1. The molecule has 0 unspecified atom stereocenters. The second kappa shape index (κ2) is 7.95. The number of rotatable bonds is 7. The molecule has 0 radical (unpaired) electrons. The van der Waals surface area contributed by atoms with Crippen LogP contribution >= 0.6 is 11.6 Å². The SMILES string of the molecule is Cn1cc(S(=O)(=O)NC2(C(N)=NCN)CC2)cc1C(N)=Nc1cc(F)c(F)c(Cl)c1. The van der Waals surface area contributed by atoms with Gasteiger partial charge in [0.2, 0.25) is 10.0 Å². The van der Waals surface area contributed by atoms with Crippen molar-refractivity contribution in [2.24, 2.45) is 34.2 Å². The zero-order chi connectivity index (χ0) is 22.3. The quantitative estimate of drug-likeness (QED) is 0.277. The van der Waals surface area contributed by atoms with Crippen molar-refractivity contribution in [2.75, 3.05) is 6.67 Å². The van der Waals surface area contributed by atoms with Crippen molar-refractivity contribution in [3.8, 4) is 0 Å². The van der Waals surface area contributed by atoms with E-state index in [-0.39, 0.29) is 34.6 Å². The number of halogens is 3. The lowest BCUT2D eigenvalue weighted by atomic mass is 10.3. The van der Waals surface area contributed by atoms with E-state index in [9.17, 15) is 17.2 Å². The van der Waals surface area contributed by atoms with E-state index in [0.717, 1.165) is 12.1 Å². The molecule has 9 nitrogen and oxygen atoms in total. The summed E-state index contributed by atoms with van der Waals surface area (Å²) >= 11 is 5.61. The highest BCUT2D eigenvalue weighted by Crippen LogP contribution is 2.37. The van der Waals surface area contributed by atoms with Crippen LogP contribution in [0.4, 0.5) is 14.5 Å². The summed E-state index contributed by atoms with van der Waals surface area (Å²) in [6.45, 7) is -0.0498. The second-order valence-corrected chi connectivity index (χ2v) is 8.90. The Bertz CT molecular complexity index is 1130. The average Bonchev–Trinajstić information content (AvgIpc) is 3.31. The molecular weight excluding hydrogens is 440 g/mol. The highest BCUT2D eigenvalue weighted by molar-refractivity contribution is 7.89. The third-order valence-corrected chi connectivity index (χ3v) is 6.38. The molecule has 13 heteroatoms. The predicted octanol–water partition coefficient (Wildman–Crippen LogP) is 1.08. The summed E-state index contributed by atoms with van der Waals surface area (Å²) in [6, 6.07) is 3.23. The zero-order valence-corrected chi connectivity index (χ0v) is 17.4. The van der Waals surface area contributed by atoms with Crippen molar-refractivity contribution in [1.82, 2.24) is 9.29 Å². The molecule has 7 N–H and O–H groups in total. The van der Waals surface area contributed by atoms with Gasteiger partial charge in [-0.2, -0.15) is 4.72 Å². The molecule has 0 amide bonds. The van der Waals surface area contributed by atoms with Gasteiger partial charge in [-0.3, -0.25) is 4.99 Å². The Kier molecular flexibility index (Phi) is 5.87. The molecule has 0 spiro atoms. The Labute approximate surface area is 176 Å². The number of hydrogen-bond acceptors (Lipinski definition) is 5. The fraction of sp³-hybridized carbons (Fsp3) is 0.294. The van der Waals surface area contributed by atoms with Crippen LogP contribution in [0.1, 0.15) is 18.5 Å². The number of amidine groups is 2. The highest BCUT2D eigenvalue weighted by atomic mass is 35.5. The van der Waals surface area contributed by atoms with Gasteiger partial charge >= 0.3 is 0 Å². The van der Waals surface area contributed by atoms with Gasteiger partial charge in [-0.1, -0.05) is 11.6 Å². The number of nitrogens with zero attached hydrogens (tertiary/aromatic N) is 3. The summed E-state index contributed by atoms with van der Waals surface area (Å²) < 4.78 is 56.5. The fourth-order valence-corrected chi connectivity index (χ4v) is 4.55. The van der Waals surface area contributed by atoms with Crippen LogP contribution in [0.15, 0.2) is 39.3 Å². The van der Waals surface area contributed by atoms with E-state index < -0.39 is 32.2 Å². The van der Waals surface area contributed by atoms with Gasteiger partial charge in [0.1, 0.15) is 16.6 Å². The molecule has 0 aliphatic heterocycles. The van der Waals surface area contributed by atoms with Gasteiger partial charge in [-0.15, -0.1) is 0 Å². The van der Waals surface area contributed by atoms with Gasteiger partial charge in [0.25, 0.3) is 0 Å². The Morgan fingerprint density at radius 1 is 1.30 bits per heavy atom. The summed E-state index contributed by atoms with van der Waals surface area (Å²) in [7, 11) is -2.40. The third kappa shape index (κ3) is 4.31. The van der Waals surface area contributed by atoms with E-state index in [0.29, 0.717) is 12.8 Å². The minimum absolute atomic E-state index is 0.0252. The van der Waals surface area contributed by atoms with E-state index >= 15 is 0 Å². The minimum atomic E-state index is -3.96. The van der Waals surface area contributed by atoms with Crippen molar-refractivity contribution in [2.45, 2.75) is 23.3 Å². The van der Waals surface area contributed by atoms with Gasteiger partial charge in [0.05, 0.1) is 28.6 Å². The third-order valence-electron chi connectivity index (χ3n) is 4.60. The Hall–Kier alpha value is -2.54. The predicted molar refractivity (Wildman–Crippen MR) is 110 cm³/mol. The summed E-state index contributed by atoms with van der Waals surface area (Å²) in [6.07, 6.45) is 2.34. The van der Waals surface area contributed by atoms with Gasteiger partial charge in [-0.25, -0.2) is 22.2 Å². The van der Waals surface area contributed by atoms with Crippen LogP contribution in [0.5, 0.6) is 0 Å². The Morgan fingerprint density at radius 2 is 1.97 bits per heavy atom. The van der Waals surface area contributed by atoms with E-state index in [1.165, 1.54) is 16.8 Å². The summed E-state index contributed by atoms with van der Waals surface area (Å²) in [5.74, 6) is -2.37. The maximum absolute atomic E-state index is 13.5. The number of nitrogens with two attached hydrogens (primary N) is 3. The van der Waals surface area contributed by atoms with Crippen LogP contribution < -0.4 is 21.9 Å². The first-order chi connectivity index (χ1) is 14.0. The smallest absolute Gasteiger partial charge is 0.243 e. The molecule has 1 aromatic carbocycles. The van der Waals surface area contributed by atoms with E-state index in [2.05, 4.69) is 14.7 Å². The van der Waals surface area contributed by atoms with Crippen LogP contribution in [-0.2, 0) is 17.1 Å².